The van der Waals surface area contributed by atoms with Gasteiger partial charge in [-0.1, -0.05) is 29.0 Å². The Morgan fingerprint density at radius 3 is 2.54 bits per heavy atom. The molecule has 0 aliphatic carbocycles. The molecule has 0 radical (unpaired) electrons. The van der Waals surface area contributed by atoms with Crippen molar-refractivity contribution in [3.63, 3.8) is 0 Å². The van der Waals surface area contributed by atoms with Crippen LogP contribution in [0, 0.1) is 0 Å². The number of hydrogen-bond acceptors (Lipinski definition) is 2. The Hall–Kier alpha value is 0.650. The fraction of sp³-hybridized carbons (Fsp3) is 1.00. The number of hydrogen-bond donors (Lipinski definition) is 1. The third-order valence-corrected chi connectivity index (χ3v) is 2.48. The minimum atomic E-state index is 0.362. The standard InChI is InChI=1S/C10H22INO/c1-10(2)13-9-8-12-7-5-3-4-6-11/h10,12H,3-9H2,1-2H3. The normalized spacial score (nSPS) is 11.1. The monoisotopic (exact) mass is 299 g/mol. The highest BCUT2D eigenvalue weighted by molar-refractivity contribution is 14.1. The van der Waals surface area contributed by atoms with E-state index in [1.54, 1.807) is 0 Å². The maximum absolute atomic E-state index is 5.41. The average Bonchev–Trinajstić information content (AvgIpc) is 2.09. The van der Waals surface area contributed by atoms with Crippen LogP contribution in [-0.2, 0) is 4.74 Å². The van der Waals surface area contributed by atoms with Gasteiger partial charge in [0.2, 0.25) is 0 Å². The molecule has 0 saturated heterocycles. The summed E-state index contributed by atoms with van der Waals surface area (Å²) < 4.78 is 6.69. The van der Waals surface area contributed by atoms with E-state index in [9.17, 15) is 0 Å². The lowest BCUT2D eigenvalue weighted by Gasteiger charge is -2.08. The molecule has 0 atom stereocenters. The molecule has 0 aromatic carbocycles. The molecule has 0 aliphatic rings. The van der Waals surface area contributed by atoms with Gasteiger partial charge in [0.15, 0.2) is 0 Å². The van der Waals surface area contributed by atoms with Crippen molar-refractivity contribution in [1.82, 2.24) is 5.32 Å². The Morgan fingerprint density at radius 1 is 1.15 bits per heavy atom. The van der Waals surface area contributed by atoms with Crippen LogP contribution in [0.5, 0.6) is 0 Å². The van der Waals surface area contributed by atoms with Gasteiger partial charge in [-0.2, -0.15) is 0 Å². The molecule has 0 amide bonds. The van der Waals surface area contributed by atoms with Gasteiger partial charge in [-0.05, 0) is 37.7 Å². The summed E-state index contributed by atoms with van der Waals surface area (Å²) in [5.41, 5.74) is 0. The quantitative estimate of drug-likeness (QED) is 0.401. The van der Waals surface area contributed by atoms with Crippen LogP contribution in [0.4, 0.5) is 0 Å². The third-order valence-electron chi connectivity index (χ3n) is 1.72. The highest BCUT2D eigenvalue weighted by Gasteiger charge is 1.92. The van der Waals surface area contributed by atoms with Gasteiger partial charge in [0.05, 0.1) is 12.7 Å². The number of ether oxygens (including phenoxy) is 1. The van der Waals surface area contributed by atoms with E-state index >= 15 is 0 Å². The Balaban J connectivity index is 2.84. The first kappa shape index (κ1) is 13.7. The molecule has 1 N–H and O–H groups in total. The summed E-state index contributed by atoms with van der Waals surface area (Å²) >= 11 is 2.43. The maximum atomic E-state index is 5.41. The summed E-state index contributed by atoms with van der Waals surface area (Å²) in [6.45, 7) is 7.10. The van der Waals surface area contributed by atoms with Gasteiger partial charge in [-0.25, -0.2) is 0 Å². The average molecular weight is 299 g/mol. The van der Waals surface area contributed by atoms with Crippen LogP contribution >= 0.6 is 22.6 Å². The molecule has 0 spiro atoms. The van der Waals surface area contributed by atoms with Crippen molar-refractivity contribution in [3.05, 3.63) is 0 Å². The Labute approximate surface area is 95.9 Å². The van der Waals surface area contributed by atoms with Crippen LogP contribution in [0.15, 0.2) is 0 Å². The first-order chi connectivity index (χ1) is 6.27. The van der Waals surface area contributed by atoms with Crippen molar-refractivity contribution in [2.75, 3.05) is 24.1 Å². The SMILES string of the molecule is CC(C)OCCNCCCCCI. The van der Waals surface area contributed by atoms with Crippen molar-refractivity contribution < 1.29 is 4.74 Å². The van der Waals surface area contributed by atoms with Crippen LogP contribution in [0.1, 0.15) is 33.1 Å². The zero-order valence-corrected chi connectivity index (χ0v) is 11.0. The van der Waals surface area contributed by atoms with Gasteiger partial charge in [0, 0.05) is 6.54 Å². The van der Waals surface area contributed by atoms with Crippen molar-refractivity contribution in [2.24, 2.45) is 0 Å². The van der Waals surface area contributed by atoms with E-state index in [4.69, 9.17) is 4.74 Å². The van der Waals surface area contributed by atoms with Crippen LogP contribution in [-0.4, -0.2) is 30.2 Å². The zero-order chi connectivity index (χ0) is 9.94. The third kappa shape index (κ3) is 12.6. The van der Waals surface area contributed by atoms with E-state index in [0.29, 0.717) is 6.10 Å². The van der Waals surface area contributed by atoms with Crippen molar-refractivity contribution in [3.8, 4) is 0 Å². The molecule has 3 heteroatoms. The second-order valence-corrected chi connectivity index (χ2v) is 4.50. The molecule has 0 aromatic heterocycles. The molecule has 0 heterocycles. The van der Waals surface area contributed by atoms with Gasteiger partial charge in [-0.15, -0.1) is 0 Å². The largest absolute Gasteiger partial charge is 0.377 e. The lowest BCUT2D eigenvalue weighted by molar-refractivity contribution is 0.0809. The van der Waals surface area contributed by atoms with Crippen LogP contribution in [0.2, 0.25) is 0 Å². The van der Waals surface area contributed by atoms with E-state index in [-0.39, 0.29) is 0 Å². The minimum Gasteiger partial charge on any atom is -0.377 e. The molecule has 80 valence electrons. The second kappa shape index (κ2) is 10.7. The smallest absolute Gasteiger partial charge is 0.0594 e. The van der Waals surface area contributed by atoms with Crippen molar-refractivity contribution in [1.29, 1.82) is 0 Å². The Morgan fingerprint density at radius 2 is 1.92 bits per heavy atom. The van der Waals surface area contributed by atoms with Gasteiger partial charge in [-0.3, -0.25) is 0 Å². The van der Waals surface area contributed by atoms with Crippen molar-refractivity contribution >= 4 is 22.6 Å². The molecule has 0 bridgehead atoms. The molecular weight excluding hydrogens is 277 g/mol. The van der Waals surface area contributed by atoms with Gasteiger partial charge in [0.25, 0.3) is 0 Å². The summed E-state index contributed by atoms with van der Waals surface area (Å²) in [6, 6.07) is 0. The van der Waals surface area contributed by atoms with Gasteiger partial charge >= 0.3 is 0 Å². The van der Waals surface area contributed by atoms with E-state index in [2.05, 4.69) is 41.8 Å². The predicted molar refractivity (Wildman–Crippen MR) is 66.7 cm³/mol. The summed E-state index contributed by atoms with van der Waals surface area (Å²) in [5.74, 6) is 0. The second-order valence-electron chi connectivity index (χ2n) is 3.42. The number of halogens is 1. The van der Waals surface area contributed by atoms with Crippen LogP contribution in [0.25, 0.3) is 0 Å². The predicted octanol–water partition coefficient (Wildman–Crippen LogP) is 2.61. The molecular formula is C10H22INO. The highest BCUT2D eigenvalue weighted by Crippen LogP contribution is 1.97. The number of nitrogens with one attached hydrogen (secondary N) is 1. The van der Waals surface area contributed by atoms with Gasteiger partial charge < -0.3 is 10.1 Å². The summed E-state index contributed by atoms with van der Waals surface area (Å²) in [5, 5.41) is 3.37. The zero-order valence-electron chi connectivity index (χ0n) is 8.81. The first-order valence-electron chi connectivity index (χ1n) is 5.15. The van der Waals surface area contributed by atoms with E-state index < -0.39 is 0 Å². The first-order valence-corrected chi connectivity index (χ1v) is 6.68. The van der Waals surface area contributed by atoms with Gasteiger partial charge in [0.1, 0.15) is 0 Å². The van der Waals surface area contributed by atoms with Crippen molar-refractivity contribution in [2.45, 2.75) is 39.2 Å². The maximum Gasteiger partial charge on any atom is 0.0594 e. The topological polar surface area (TPSA) is 21.3 Å². The lowest BCUT2D eigenvalue weighted by Crippen LogP contribution is -2.22. The number of unbranched alkanes of at least 4 members (excludes halogenated alkanes) is 2. The van der Waals surface area contributed by atoms with E-state index in [1.165, 1.54) is 23.7 Å². The molecule has 0 aliphatic heterocycles. The molecule has 0 unspecified atom stereocenters. The fourth-order valence-electron chi connectivity index (χ4n) is 1.01. The number of rotatable bonds is 9. The number of alkyl halides is 1. The van der Waals surface area contributed by atoms with E-state index in [1.807, 2.05) is 0 Å². The van der Waals surface area contributed by atoms with E-state index in [0.717, 1.165) is 19.7 Å². The lowest BCUT2D eigenvalue weighted by atomic mass is 10.2. The Bertz CT molecular complexity index is 98.9. The van der Waals surface area contributed by atoms with Crippen LogP contribution in [0.3, 0.4) is 0 Å². The summed E-state index contributed by atoms with van der Waals surface area (Å²) in [4.78, 5) is 0. The van der Waals surface area contributed by atoms with Crippen LogP contribution < -0.4 is 5.32 Å². The molecule has 0 saturated carbocycles. The molecule has 13 heavy (non-hydrogen) atoms. The summed E-state index contributed by atoms with van der Waals surface area (Å²) in [6.07, 6.45) is 4.36. The highest BCUT2D eigenvalue weighted by atomic mass is 127. The summed E-state index contributed by atoms with van der Waals surface area (Å²) in [7, 11) is 0. The molecule has 2 nitrogen and oxygen atoms in total. The molecule has 0 fully saturated rings. The molecule has 0 aromatic rings. The Kier molecular flexibility index (Phi) is 11.3. The fourth-order valence-corrected chi connectivity index (χ4v) is 1.55. The molecule has 0 rings (SSSR count). The minimum absolute atomic E-state index is 0.362.